The number of benzene rings is 4. The Balaban J connectivity index is 0.000000240. The molecule has 0 aliphatic heterocycles. The molecule has 0 saturated heterocycles. The normalized spacial score (nSPS) is 12.4. The molecule has 0 amide bonds. The van der Waals surface area contributed by atoms with Crippen LogP contribution in [0, 0.1) is 20.2 Å². The number of aliphatic hydroxyl groups is 2. The lowest BCUT2D eigenvalue weighted by atomic mass is 10.1. The Kier molecular flexibility index (Phi) is 12.7. The fourth-order valence-corrected chi connectivity index (χ4v) is 3.99. The molecule has 0 fully saturated rings. The van der Waals surface area contributed by atoms with Gasteiger partial charge in [0.05, 0.1) is 35.1 Å². The Morgan fingerprint density at radius 3 is 1.30 bits per heavy atom. The van der Waals surface area contributed by atoms with Crippen molar-refractivity contribution in [1.29, 1.82) is 0 Å². The van der Waals surface area contributed by atoms with Gasteiger partial charge < -0.3 is 20.4 Å². The van der Waals surface area contributed by atoms with E-state index in [1.807, 2.05) is 60.7 Å². The van der Waals surface area contributed by atoms with Gasteiger partial charge in [-0.05, 0) is 36.1 Å². The molecule has 0 bridgehead atoms. The summed E-state index contributed by atoms with van der Waals surface area (Å²) in [5, 5.41) is 59.7. The van der Waals surface area contributed by atoms with Gasteiger partial charge in [0.2, 0.25) is 0 Å². The van der Waals surface area contributed by atoms with E-state index in [1.165, 1.54) is 48.8 Å². The van der Waals surface area contributed by atoms with E-state index in [2.05, 4.69) is 9.98 Å². The second kappa shape index (κ2) is 16.9. The monoisotopic (exact) mass is 600 g/mol. The van der Waals surface area contributed by atoms with Gasteiger partial charge >= 0.3 is 0 Å². The van der Waals surface area contributed by atoms with E-state index >= 15 is 0 Å². The first-order valence-corrected chi connectivity index (χ1v) is 13.5. The summed E-state index contributed by atoms with van der Waals surface area (Å²) in [5.74, 6) is -0.184. The molecule has 0 saturated carbocycles. The zero-order chi connectivity index (χ0) is 31.9. The molecule has 228 valence electrons. The van der Waals surface area contributed by atoms with Gasteiger partial charge in [0.15, 0.2) is 0 Å². The third-order valence-corrected chi connectivity index (χ3v) is 6.34. The molecule has 4 N–H and O–H groups in total. The van der Waals surface area contributed by atoms with Gasteiger partial charge in [0.1, 0.15) is 11.5 Å². The maximum atomic E-state index is 10.7. The fourth-order valence-electron chi connectivity index (χ4n) is 3.99. The van der Waals surface area contributed by atoms with Crippen molar-refractivity contribution in [3.8, 4) is 11.5 Å². The molecule has 0 heterocycles. The minimum atomic E-state index is -0.537. The average Bonchev–Trinajstić information content (AvgIpc) is 3.03. The number of aliphatic hydroxyl groups excluding tert-OH is 2. The highest BCUT2D eigenvalue weighted by molar-refractivity contribution is 5.85. The number of phenols is 2. The Hall–Kier alpha value is -5.46. The quantitative estimate of drug-likeness (QED) is 0.103. The average molecular weight is 601 g/mol. The topological polar surface area (TPSA) is 192 Å². The second-order valence-electron chi connectivity index (χ2n) is 9.61. The molecule has 4 aromatic carbocycles. The van der Waals surface area contributed by atoms with Gasteiger partial charge in [-0.25, -0.2) is 0 Å². The minimum absolute atomic E-state index is 0.0919. The lowest BCUT2D eigenvalue weighted by Gasteiger charge is -2.09. The van der Waals surface area contributed by atoms with Gasteiger partial charge in [0, 0.05) is 47.8 Å². The Labute approximate surface area is 253 Å². The Bertz CT molecular complexity index is 1460. The van der Waals surface area contributed by atoms with Crippen LogP contribution < -0.4 is 0 Å². The number of hydrogen-bond acceptors (Lipinski definition) is 10. The largest absolute Gasteiger partial charge is 0.507 e. The van der Waals surface area contributed by atoms with Gasteiger partial charge in [0.25, 0.3) is 11.4 Å². The number of nitro benzene ring substituents is 2. The first-order valence-electron chi connectivity index (χ1n) is 13.5. The Morgan fingerprint density at radius 2 is 0.977 bits per heavy atom. The van der Waals surface area contributed by atoms with Crippen LogP contribution in [0.1, 0.15) is 22.3 Å². The number of aliphatic imine (C=N–C) groups is 2. The number of phenolic OH excluding ortho intramolecular Hbond substituents is 2. The molecule has 12 heteroatoms. The van der Waals surface area contributed by atoms with Crippen LogP contribution in [0.5, 0.6) is 11.5 Å². The molecule has 0 radical (unpaired) electrons. The van der Waals surface area contributed by atoms with Crippen molar-refractivity contribution in [2.45, 2.75) is 24.9 Å². The van der Waals surface area contributed by atoms with Crippen molar-refractivity contribution in [1.82, 2.24) is 0 Å². The van der Waals surface area contributed by atoms with Crippen molar-refractivity contribution in [2.24, 2.45) is 9.98 Å². The molecule has 44 heavy (non-hydrogen) atoms. The van der Waals surface area contributed by atoms with Crippen LogP contribution in [-0.2, 0) is 12.8 Å². The van der Waals surface area contributed by atoms with Crippen molar-refractivity contribution in [2.75, 3.05) is 13.2 Å². The summed E-state index contributed by atoms with van der Waals surface area (Å²) < 4.78 is 0. The van der Waals surface area contributed by atoms with Crippen molar-refractivity contribution >= 4 is 23.8 Å². The molecule has 0 unspecified atom stereocenters. The maximum Gasteiger partial charge on any atom is 0.270 e. The molecule has 2 atom stereocenters. The number of hydrogen-bond donors (Lipinski definition) is 4. The minimum Gasteiger partial charge on any atom is -0.507 e. The van der Waals surface area contributed by atoms with Crippen LogP contribution in [0.3, 0.4) is 0 Å². The SMILES string of the molecule is O=[N+]([O-])c1ccc(O)c(C=N[C@H](CO)Cc2ccccc2)c1.O=[N+]([O-])c1ccc(O)c(C=N[C@H](CO)Cc2ccccc2)c1. The van der Waals surface area contributed by atoms with Crippen LogP contribution in [-0.4, -0.2) is 68.0 Å². The zero-order valence-electron chi connectivity index (χ0n) is 23.6. The molecular formula is C32H32N4O8. The number of nitrogens with zero attached hydrogens (tertiary/aromatic N) is 4. The predicted molar refractivity (Wildman–Crippen MR) is 167 cm³/mol. The summed E-state index contributed by atoms with van der Waals surface area (Å²) in [6, 6.07) is 25.9. The van der Waals surface area contributed by atoms with E-state index in [-0.39, 0.29) is 59.3 Å². The number of nitro groups is 2. The Morgan fingerprint density at radius 1 is 0.614 bits per heavy atom. The van der Waals surface area contributed by atoms with Gasteiger partial charge in [-0.15, -0.1) is 0 Å². The highest BCUT2D eigenvalue weighted by Crippen LogP contribution is 2.22. The lowest BCUT2D eigenvalue weighted by molar-refractivity contribution is -0.385. The van der Waals surface area contributed by atoms with E-state index in [0.717, 1.165) is 11.1 Å². The number of rotatable bonds is 12. The predicted octanol–water partition coefficient (Wildman–Crippen LogP) is 4.65. The summed E-state index contributed by atoms with van der Waals surface area (Å²) >= 11 is 0. The third kappa shape index (κ3) is 10.4. The van der Waals surface area contributed by atoms with Crippen LogP contribution in [0.4, 0.5) is 11.4 Å². The molecule has 0 aliphatic carbocycles. The van der Waals surface area contributed by atoms with Crippen molar-refractivity contribution in [3.63, 3.8) is 0 Å². The molecule has 12 nitrogen and oxygen atoms in total. The van der Waals surface area contributed by atoms with Gasteiger partial charge in [-0.1, -0.05) is 60.7 Å². The van der Waals surface area contributed by atoms with Crippen LogP contribution >= 0.6 is 0 Å². The van der Waals surface area contributed by atoms with E-state index in [4.69, 9.17) is 0 Å². The highest BCUT2D eigenvalue weighted by Gasteiger charge is 2.12. The van der Waals surface area contributed by atoms with Crippen LogP contribution in [0.15, 0.2) is 107 Å². The molecule has 0 spiro atoms. The molecule has 0 aromatic heterocycles. The molecular weight excluding hydrogens is 568 g/mol. The third-order valence-electron chi connectivity index (χ3n) is 6.34. The lowest BCUT2D eigenvalue weighted by Crippen LogP contribution is -2.14. The highest BCUT2D eigenvalue weighted by atomic mass is 16.6. The zero-order valence-corrected chi connectivity index (χ0v) is 23.6. The fraction of sp³-hybridized carbons (Fsp3) is 0.188. The van der Waals surface area contributed by atoms with Crippen molar-refractivity contribution < 1.29 is 30.3 Å². The van der Waals surface area contributed by atoms with E-state index in [1.54, 1.807) is 0 Å². The first kappa shape index (κ1) is 33.0. The number of aromatic hydroxyl groups is 2. The van der Waals surface area contributed by atoms with Crippen LogP contribution in [0.25, 0.3) is 0 Å². The molecule has 0 aliphatic rings. The smallest absolute Gasteiger partial charge is 0.270 e. The van der Waals surface area contributed by atoms with Crippen LogP contribution in [0.2, 0.25) is 0 Å². The van der Waals surface area contributed by atoms with E-state index in [9.17, 15) is 40.7 Å². The second-order valence-corrected chi connectivity index (χ2v) is 9.61. The summed E-state index contributed by atoms with van der Waals surface area (Å²) in [6.45, 7) is -0.303. The summed E-state index contributed by atoms with van der Waals surface area (Å²) in [5.41, 5.74) is 2.32. The summed E-state index contributed by atoms with van der Waals surface area (Å²) in [7, 11) is 0. The van der Waals surface area contributed by atoms with Crippen molar-refractivity contribution in [3.05, 3.63) is 140 Å². The van der Waals surface area contributed by atoms with Gasteiger partial charge in [-0.3, -0.25) is 30.2 Å². The number of non-ortho nitro benzene ring substituents is 2. The molecule has 4 rings (SSSR count). The summed E-state index contributed by atoms with van der Waals surface area (Å²) in [6.07, 6.45) is 3.80. The standard InChI is InChI=1S/2C16H16N2O4/c2*19-11-14(8-12-4-2-1-3-5-12)17-10-13-9-15(18(21)22)6-7-16(13)20/h2*1-7,9-10,14,19-20H,8,11H2/t2*14-/m00/s1. The molecule has 4 aromatic rings. The summed E-state index contributed by atoms with van der Waals surface area (Å²) in [4.78, 5) is 28.8. The first-order chi connectivity index (χ1) is 21.2. The maximum absolute atomic E-state index is 10.7. The van der Waals surface area contributed by atoms with Gasteiger partial charge in [-0.2, -0.15) is 0 Å². The van der Waals surface area contributed by atoms with E-state index in [0.29, 0.717) is 12.8 Å². The van der Waals surface area contributed by atoms with E-state index < -0.39 is 9.85 Å².